The van der Waals surface area contributed by atoms with E-state index < -0.39 is 0 Å². The SMILES string of the molecule is CC(C)(C)n1ccnc(Oc2ccccc2Br)c1=O. The minimum atomic E-state index is -0.313. The molecular weight excluding hydrogens is 308 g/mol. The van der Waals surface area contributed by atoms with Gasteiger partial charge in [-0.05, 0) is 48.8 Å². The number of hydrogen-bond acceptors (Lipinski definition) is 3. The number of aromatic nitrogens is 2. The van der Waals surface area contributed by atoms with Gasteiger partial charge in [-0.25, -0.2) is 4.98 Å². The first kappa shape index (κ1) is 13.8. The summed E-state index contributed by atoms with van der Waals surface area (Å²) in [5.74, 6) is 0.642. The van der Waals surface area contributed by atoms with Crippen LogP contribution in [-0.2, 0) is 5.54 Å². The summed E-state index contributed by atoms with van der Waals surface area (Å²) in [6.07, 6.45) is 3.23. The van der Waals surface area contributed by atoms with E-state index in [4.69, 9.17) is 4.74 Å². The molecule has 2 aromatic rings. The maximum atomic E-state index is 12.3. The van der Waals surface area contributed by atoms with E-state index in [9.17, 15) is 4.79 Å². The van der Waals surface area contributed by atoms with Crippen molar-refractivity contribution in [2.75, 3.05) is 0 Å². The van der Waals surface area contributed by atoms with Gasteiger partial charge in [-0.2, -0.15) is 0 Å². The van der Waals surface area contributed by atoms with Crippen LogP contribution in [-0.4, -0.2) is 9.55 Å². The Kier molecular flexibility index (Phi) is 3.75. The van der Waals surface area contributed by atoms with Crippen molar-refractivity contribution in [1.29, 1.82) is 0 Å². The molecule has 2 rings (SSSR count). The van der Waals surface area contributed by atoms with Crippen LogP contribution in [0.15, 0.2) is 45.9 Å². The van der Waals surface area contributed by atoms with Gasteiger partial charge in [-0.1, -0.05) is 12.1 Å². The van der Waals surface area contributed by atoms with Crippen LogP contribution in [0.4, 0.5) is 0 Å². The topological polar surface area (TPSA) is 44.1 Å². The van der Waals surface area contributed by atoms with E-state index in [2.05, 4.69) is 20.9 Å². The number of hydrogen-bond donors (Lipinski definition) is 0. The van der Waals surface area contributed by atoms with E-state index in [-0.39, 0.29) is 17.0 Å². The van der Waals surface area contributed by atoms with Crippen LogP contribution in [0, 0.1) is 0 Å². The Morgan fingerprint density at radius 1 is 1.26 bits per heavy atom. The Balaban J connectivity index is 2.43. The van der Waals surface area contributed by atoms with Gasteiger partial charge >= 0.3 is 5.56 Å². The van der Waals surface area contributed by atoms with Gasteiger partial charge in [0.2, 0.25) is 0 Å². The molecule has 0 fully saturated rings. The predicted molar refractivity (Wildman–Crippen MR) is 77.7 cm³/mol. The summed E-state index contributed by atoms with van der Waals surface area (Å²) in [5, 5.41) is 0. The second kappa shape index (κ2) is 5.17. The highest BCUT2D eigenvalue weighted by Crippen LogP contribution is 2.27. The molecule has 0 bridgehead atoms. The van der Waals surface area contributed by atoms with Gasteiger partial charge in [-0.15, -0.1) is 0 Å². The summed E-state index contributed by atoms with van der Waals surface area (Å²) in [5.41, 5.74) is -0.558. The monoisotopic (exact) mass is 322 g/mol. The van der Waals surface area contributed by atoms with Gasteiger partial charge in [0, 0.05) is 17.9 Å². The van der Waals surface area contributed by atoms with Crippen molar-refractivity contribution in [3.63, 3.8) is 0 Å². The third-order valence-corrected chi connectivity index (χ3v) is 3.23. The summed E-state index contributed by atoms with van der Waals surface area (Å²) in [4.78, 5) is 16.3. The van der Waals surface area contributed by atoms with Crippen LogP contribution < -0.4 is 10.3 Å². The standard InChI is InChI=1S/C14H15BrN2O2/c1-14(2,3)17-9-8-16-12(13(17)18)19-11-7-5-4-6-10(11)15/h4-9H,1-3H3. The lowest BCUT2D eigenvalue weighted by Gasteiger charge is -2.22. The fraction of sp³-hybridized carbons (Fsp3) is 0.286. The number of benzene rings is 1. The fourth-order valence-corrected chi connectivity index (χ4v) is 1.99. The molecule has 100 valence electrons. The predicted octanol–water partition coefficient (Wildman–Crippen LogP) is 3.55. The Morgan fingerprint density at radius 3 is 2.58 bits per heavy atom. The number of rotatable bonds is 2. The van der Waals surface area contributed by atoms with Crippen molar-refractivity contribution in [2.24, 2.45) is 0 Å². The van der Waals surface area contributed by atoms with Crippen LogP contribution in [0.5, 0.6) is 11.6 Å². The average Bonchev–Trinajstić information content (AvgIpc) is 2.33. The fourth-order valence-electron chi connectivity index (χ4n) is 1.62. The van der Waals surface area contributed by atoms with Crippen molar-refractivity contribution in [3.8, 4) is 11.6 Å². The molecule has 0 radical (unpaired) electrons. The maximum absolute atomic E-state index is 12.3. The van der Waals surface area contributed by atoms with Crippen LogP contribution in [0.1, 0.15) is 20.8 Å². The van der Waals surface area contributed by atoms with E-state index >= 15 is 0 Å². The Labute approximate surface area is 120 Å². The third kappa shape index (κ3) is 3.04. The number of nitrogens with zero attached hydrogens (tertiary/aromatic N) is 2. The molecule has 0 aliphatic rings. The van der Waals surface area contributed by atoms with Crippen molar-refractivity contribution >= 4 is 15.9 Å². The van der Waals surface area contributed by atoms with Crippen molar-refractivity contribution in [2.45, 2.75) is 26.3 Å². The van der Waals surface area contributed by atoms with Crippen molar-refractivity contribution < 1.29 is 4.74 Å². The highest BCUT2D eigenvalue weighted by molar-refractivity contribution is 9.10. The number of halogens is 1. The molecule has 0 spiro atoms. The zero-order chi connectivity index (χ0) is 14.0. The first-order valence-corrected chi connectivity index (χ1v) is 6.69. The molecule has 4 nitrogen and oxygen atoms in total. The molecule has 0 amide bonds. The van der Waals surface area contributed by atoms with Gasteiger partial charge in [0.15, 0.2) is 0 Å². The zero-order valence-corrected chi connectivity index (χ0v) is 12.6. The number of ether oxygens (including phenoxy) is 1. The normalized spacial score (nSPS) is 11.4. The maximum Gasteiger partial charge on any atom is 0.314 e. The van der Waals surface area contributed by atoms with E-state index in [0.717, 1.165) is 4.47 Å². The smallest absolute Gasteiger partial charge is 0.314 e. The summed E-state index contributed by atoms with van der Waals surface area (Å²) < 4.78 is 7.97. The van der Waals surface area contributed by atoms with Crippen LogP contribution >= 0.6 is 15.9 Å². The van der Waals surface area contributed by atoms with Crippen LogP contribution in [0.2, 0.25) is 0 Å². The van der Waals surface area contributed by atoms with Gasteiger partial charge in [-0.3, -0.25) is 4.79 Å². The molecule has 0 aliphatic heterocycles. The second-order valence-corrected chi connectivity index (χ2v) is 5.97. The van der Waals surface area contributed by atoms with Gasteiger partial charge in [0.05, 0.1) is 4.47 Å². The van der Waals surface area contributed by atoms with Gasteiger partial charge in [0.1, 0.15) is 5.75 Å². The molecular formula is C14H15BrN2O2. The van der Waals surface area contributed by atoms with Gasteiger partial charge < -0.3 is 9.30 Å². The molecule has 0 unspecified atom stereocenters. The summed E-state index contributed by atoms with van der Waals surface area (Å²) in [6.45, 7) is 5.86. The Bertz CT molecular complexity index is 644. The lowest BCUT2D eigenvalue weighted by molar-refractivity contribution is 0.362. The number of para-hydroxylation sites is 1. The second-order valence-electron chi connectivity index (χ2n) is 5.11. The average molecular weight is 323 g/mol. The lowest BCUT2D eigenvalue weighted by atomic mass is 10.1. The van der Waals surface area contributed by atoms with E-state index in [1.807, 2.05) is 39.0 Å². The Morgan fingerprint density at radius 2 is 1.95 bits per heavy atom. The molecule has 0 aliphatic carbocycles. The molecule has 1 heterocycles. The highest BCUT2D eigenvalue weighted by atomic mass is 79.9. The summed E-state index contributed by atoms with van der Waals surface area (Å²) in [6, 6.07) is 7.34. The lowest BCUT2D eigenvalue weighted by Crippen LogP contribution is -2.34. The highest BCUT2D eigenvalue weighted by Gasteiger charge is 2.18. The summed E-state index contributed by atoms with van der Waals surface area (Å²) in [7, 11) is 0. The van der Waals surface area contributed by atoms with E-state index in [1.165, 1.54) is 0 Å². The molecule has 0 atom stereocenters. The first-order chi connectivity index (χ1) is 8.89. The quantitative estimate of drug-likeness (QED) is 0.849. The molecule has 0 saturated carbocycles. The molecule has 1 aromatic carbocycles. The van der Waals surface area contributed by atoms with E-state index in [1.54, 1.807) is 23.0 Å². The Hall–Kier alpha value is -1.62. The van der Waals surface area contributed by atoms with E-state index in [0.29, 0.717) is 5.75 Å². The van der Waals surface area contributed by atoms with Crippen LogP contribution in [0.25, 0.3) is 0 Å². The molecule has 5 heteroatoms. The molecule has 0 N–H and O–H groups in total. The third-order valence-electron chi connectivity index (χ3n) is 2.58. The molecule has 19 heavy (non-hydrogen) atoms. The first-order valence-electron chi connectivity index (χ1n) is 5.90. The van der Waals surface area contributed by atoms with Gasteiger partial charge in [0.25, 0.3) is 5.88 Å². The van der Waals surface area contributed by atoms with Crippen molar-refractivity contribution in [1.82, 2.24) is 9.55 Å². The summed E-state index contributed by atoms with van der Waals surface area (Å²) >= 11 is 3.37. The van der Waals surface area contributed by atoms with Crippen molar-refractivity contribution in [3.05, 3.63) is 51.5 Å². The minimum Gasteiger partial charge on any atom is -0.433 e. The largest absolute Gasteiger partial charge is 0.433 e. The zero-order valence-electron chi connectivity index (χ0n) is 11.1. The minimum absolute atomic E-state index is 0.0734. The van der Waals surface area contributed by atoms with Crippen LogP contribution in [0.3, 0.4) is 0 Å². The molecule has 0 saturated heterocycles. The molecule has 1 aromatic heterocycles.